The van der Waals surface area contributed by atoms with E-state index in [0.29, 0.717) is 23.9 Å². The highest BCUT2D eigenvalue weighted by Crippen LogP contribution is 2.13. The van der Waals surface area contributed by atoms with Gasteiger partial charge in [-0.25, -0.2) is 14.4 Å². The second kappa shape index (κ2) is 4.16. The molecule has 0 bridgehead atoms. The Morgan fingerprint density at radius 3 is 2.54 bits per heavy atom. The highest BCUT2D eigenvalue weighted by atomic mass is 19.1. The standard InChI is InChI=1S/C9H14FN3/c1-4-7-12-6(3)8(10)9(13-7)11-5-2/h4-5H2,1-3H3,(H,11,12,13). The summed E-state index contributed by atoms with van der Waals surface area (Å²) in [6.07, 6.45) is 0.722. The first-order valence-electron chi connectivity index (χ1n) is 4.45. The summed E-state index contributed by atoms with van der Waals surface area (Å²) in [6.45, 7) is 6.17. The molecule has 1 aromatic heterocycles. The average Bonchev–Trinajstić information content (AvgIpc) is 2.13. The lowest BCUT2D eigenvalue weighted by Crippen LogP contribution is -2.08. The molecule has 0 fully saturated rings. The fourth-order valence-electron chi connectivity index (χ4n) is 1.06. The van der Waals surface area contributed by atoms with Gasteiger partial charge in [0.25, 0.3) is 0 Å². The Hall–Kier alpha value is -1.19. The van der Waals surface area contributed by atoms with Crippen molar-refractivity contribution in [3.05, 3.63) is 17.3 Å². The zero-order valence-electron chi connectivity index (χ0n) is 8.19. The molecule has 0 aromatic carbocycles. The van der Waals surface area contributed by atoms with Gasteiger partial charge in [-0.1, -0.05) is 6.92 Å². The van der Waals surface area contributed by atoms with E-state index < -0.39 is 0 Å². The Balaban J connectivity index is 3.09. The maximum atomic E-state index is 13.3. The van der Waals surface area contributed by atoms with Gasteiger partial charge in [0.2, 0.25) is 0 Å². The van der Waals surface area contributed by atoms with Gasteiger partial charge in [0.05, 0.1) is 5.69 Å². The van der Waals surface area contributed by atoms with Crippen LogP contribution < -0.4 is 5.32 Å². The number of hydrogen-bond donors (Lipinski definition) is 1. The van der Waals surface area contributed by atoms with E-state index in [9.17, 15) is 4.39 Å². The summed E-state index contributed by atoms with van der Waals surface area (Å²) in [4.78, 5) is 8.05. The number of aromatic nitrogens is 2. The van der Waals surface area contributed by atoms with E-state index in [1.54, 1.807) is 6.92 Å². The normalized spacial score (nSPS) is 10.2. The number of halogens is 1. The van der Waals surface area contributed by atoms with E-state index in [4.69, 9.17) is 0 Å². The summed E-state index contributed by atoms with van der Waals surface area (Å²) < 4.78 is 13.3. The first kappa shape index (κ1) is 9.89. The number of hydrogen-bond acceptors (Lipinski definition) is 3. The van der Waals surface area contributed by atoms with Gasteiger partial charge in [-0.2, -0.15) is 0 Å². The van der Waals surface area contributed by atoms with Crippen molar-refractivity contribution in [3.8, 4) is 0 Å². The predicted octanol–water partition coefficient (Wildman–Crippen LogP) is 1.92. The lowest BCUT2D eigenvalue weighted by molar-refractivity contribution is 0.600. The van der Waals surface area contributed by atoms with Crippen LogP contribution in [0.15, 0.2) is 0 Å². The maximum Gasteiger partial charge on any atom is 0.186 e. The van der Waals surface area contributed by atoms with Crippen molar-refractivity contribution in [2.24, 2.45) is 0 Å². The van der Waals surface area contributed by atoms with Crippen molar-refractivity contribution in [1.29, 1.82) is 0 Å². The molecular formula is C9H14FN3. The van der Waals surface area contributed by atoms with Gasteiger partial charge in [0.1, 0.15) is 5.82 Å². The van der Waals surface area contributed by atoms with Gasteiger partial charge in [-0.05, 0) is 13.8 Å². The lowest BCUT2D eigenvalue weighted by Gasteiger charge is -2.07. The molecule has 1 heterocycles. The Kier molecular flexibility index (Phi) is 3.17. The number of nitrogens with one attached hydrogen (secondary N) is 1. The van der Waals surface area contributed by atoms with Crippen molar-refractivity contribution in [3.63, 3.8) is 0 Å². The Labute approximate surface area is 77.4 Å². The Morgan fingerprint density at radius 1 is 1.31 bits per heavy atom. The van der Waals surface area contributed by atoms with Crippen LogP contribution in [0.5, 0.6) is 0 Å². The molecule has 72 valence electrons. The molecule has 0 unspecified atom stereocenters. The van der Waals surface area contributed by atoms with E-state index >= 15 is 0 Å². The molecule has 3 nitrogen and oxygen atoms in total. The predicted molar refractivity (Wildman–Crippen MR) is 50.3 cm³/mol. The topological polar surface area (TPSA) is 37.8 Å². The SMILES string of the molecule is CCNc1nc(CC)nc(C)c1F. The van der Waals surface area contributed by atoms with Crippen LogP contribution in [0.4, 0.5) is 10.2 Å². The summed E-state index contributed by atoms with van der Waals surface area (Å²) in [5, 5.41) is 2.87. The molecule has 1 N–H and O–H groups in total. The van der Waals surface area contributed by atoms with Crippen LogP contribution in [-0.2, 0) is 6.42 Å². The molecule has 0 atom stereocenters. The summed E-state index contributed by atoms with van der Waals surface area (Å²) >= 11 is 0. The second-order valence-corrected chi connectivity index (χ2v) is 2.77. The number of anilines is 1. The van der Waals surface area contributed by atoms with E-state index in [-0.39, 0.29) is 5.82 Å². The molecule has 13 heavy (non-hydrogen) atoms. The lowest BCUT2D eigenvalue weighted by atomic mass is 10.3. The maximum absolute atomic E-state index is 13.3. The Bertz CT molecular complexity index is 299. The molecule has 0 saturated carbocycles. The fourth-order valence-corrected chi connectivity index (χ4v) is 1.06. The van der Waals surface area contributed by atoms with Crippen molar-refractivity contribution in [2.45, 2.75) is 27.2 Å². The first-order valence-corrected chi connectivity index (χ1v) is 4.45. The highest BCUT2D eigenvalue weighted by Gasteiger charge is 2.08. The van der Waals surface area contributed by atoms with E-state index in [0.717, 1.165) is 6.42 Å². The van der Waals surface area contributed by atoms with Gasteiger partial charge in [0.15, 0.2) is 11.6 Å². The van der Waals surface area contributed by atoms with Gasteiger partial charge in [0, 0.05) is 13.0 Å². The molecule has 0 amide bonds. The van der Waals surface area contributed by atoms with Crippen LogP contribution >= 0.6 is 0 Å². The summed E-state index contributed by atoms with van der Waals surface area (Å²) in [6, 6.07) is 0. The van der Waals surface area contributed by atoms with Crippen LogP contribution in [0.1, 0.15) is 25.4 Å². The third-order valence-corrected chi connectivity index (χ3v) is 1.72. The Morgan fingerprint density at radius 2 is 2.00 bits per heavy atom. The zero-order valence-corrected chi connectivity index (χ0v) is 8.19. The van der Waals surface area contributed by atoms with Crippen LogP contribution in [0.2, 0.25) is 0 Å². The summed E-state index contributed by atoms with van der Waals surface area (Å²) in [5.41, 5.74) is 0.405. The minimum absolute atomic E-state index is 0.312. The minimum atomic E-state index is -0.348. The first-order chi connectivity index (χ1) is 6.19. The molecule has 0 saturated heterocycles. The number of nitrogens with zero attached hydrogens (tertiary/aromatic N) is 2. The zero-order chi connectivity index (χ0) is 9.84. The van der Waals surface area contributed by atoms with E-state index in [1.165, 1.54) is 0 Å². The third-order valence-electron chi connectivity index (χ3n) is 1.72. The van der Waals surface area contributed by atoms with Crippen LogP contribution in [0.3, 0.4) is 0 Å². The second-order valence-electron chi connectivity index (χ2n) is 2.77. The third kappa shape index (κ3) is 2.14. The molecular weight excluding hydrogens is 169 g/mol. The monoisotopic (exact) mass is 183 g/mol. The molecule has 0 spiro atoms. The quantitative estimate of drug-likeness (QED) is 0.778. The van der Waals surface area contributed by atoms with Crippen molar-refractivity contribution in [1.82, 2.24) is 9.97 Å². The van der Waals surface area contributed by atoms with Crippen molar-refractivity contribution in [2.75, 3.05) is 11.9 Å². The largest absolute Gasteiger partial charge is 0.368 e. The van der Waals surface area contributed by atoms with Crippen LogP contribution in [0.25, 0.3) is 0 Å². The van der Waals surface area contributed by atoms with Crippen LogP contribution in [-0.4, -0.2) is 16.5 Å². The molecule has 1 rings (SSSR count). The molecule has 0 aliphatic rings. The van der Waals surface area contributed by atoms with Crippen molar-refractivity contribution >= 4 is 5.82 Å². The smallest absolute Gasteiger partial charge is 0.186 e. The average molecular weight is 183 g/mol. The van der Waals surface area contributed by atoms with Gasteiger partial charge < -0.3 is 5.32 Å². The van der Waals surface area contributed by atoms with Gasteiger partial charge in [-0.15, -0.1) is 0 Å². The van der Waals surface area contributed by atoms with Gasteiger partial charge in [-0.3, -0.25) is 0 Å². The number of aryl methyl sites for hydroxylation is 2. The summed E-state index contributed by atoms with van der Waals surface area (Å²) in [5.74, 6) is 0.640. The van der Waals surface area contributed by atoms with Crippen molar-refractivity contribution < 1.29 is 4.39 Å². The molecule has 0 radical (unpaired) electrons. The highest BCUT2D eigenvalue weighted by molar-refractivity contribution is 5.37. The van der Waals surface area contributed by atoms with Gasteiger partial charge >= 0.3 is 0 Å². The molecule has 0 aliphatic heterocycles. The van der Waals surface area contributed by atoms with Crippen LogP contribution in [0, 0.1) is 12.7 Å². The molecule has 1 aromatic rings. The van der Waals surface area contributed by atoms with E-state index in [1.807, 2.05) is 13.8 Å². The number of rotatable bonds is 3. The van der Waals surface area contributed by atoms with E-state index in [2.05, 4.69) is 15.3 Å². The fraction of sp³-hybridized carbons (Fsp3) is 0.556. The summed E-state index contributed by atoms with van der Waals surface area (Å²) in [7, 11) is 0. The molecule has 4 heteroatoms. The molecule has 0 aliphatic carbocycles. The minimum Gasteiger partial charge on any atom is -0.368 e.